The Morgan fingerprint density at radius 2 is 2.00 bits per heavy atom. The van der Waals surface area contributed by atoms with Crippen LogP contribution < -0.4 is 22.3 Å². The van der Waals surface area contributed by atoms with Crippen LogP contribution in [-0.2, 0) is 4.79 Å². The number of hydrogen-bond acceptors (Lipinski definition) is 3. The topological polar surface area (TPSA) is 106 Å². The molecule has 92 valence electrons. The van der Waals surface area contributed by atoms with Crippen molar-refractivity contribution in [3.8, 4) is 0 Å². The molecule has 1 rings (SSSR count). The number of hydrogen-bond donors (Lipinski definition) is 4. The van der Waals surface area contributed by atoms with Gasteiger partial charge in [-0.05, 0) is 12.8 Å². The van der Waals surface area contributed by atoms with Gasteiger partial charge in [-0.15, -0.1) is 0 Å². The summed E-state index contributed by atoms with van der Waals surface area (Å²) < 4.78 is 0. The van der Waals surface area contributed by atoms with Crippen LogP contribution in [0, 0.1) is 0 Å². The molecule has 6 nitrogen and oxygen atoms in total. The number of carbonyl (C=O) groups excluding carboxylic acids is 1. The Morgan fingerprint density at radius 3 is 2.56 bits per heavy atom. The summed E-state index contributed by atoms with van der Waals surface area (Å²) in [6.07, 6.45) is 6.35. The summed E-state index contributed by atoms with van der Waals surface area (Å²) in [7, 11) is 0. The molecule has 0 aromatic rings. The summed E-state index contributed by atoms with van der Waals surface area (Å²) in [5, 5.41) is 3.24. The lowest BCUT2D eigenvalue weighted by atomic mass is 9.96. The standard InChI is InChI=1S/C10H21N5O/c11-9(16)6-7-13-10(15-12)14-8-4-2-1-3-5-8/h8H,1-7,12H2,(H2,11,16)(H2,13,14,15). The zero-order valence-corrected chi connectivity index (χ0v) is 9.54. The zero-order valence-electron chi connectivity index (χ0n) is 9.54. The fraction of sp³-hybridized carbons (Fsp3) is 0.800. The first-order chi connectivity index (χ1) is 7.72. The molecular formula is C10H21N5O. The van der Waals surface area contributed by atoms with E-state index in [9.17, 15) is 4.79 Å². The van der Waals surface area contributed by atoms with E-state index in [4.69, 9.17) is 11.6 Å². The van der Waals surface area contributed by atoms with Gasteiger partial charge in [-0.1, -0.05) is 19.3 Å². The molecule has 0 aliphatic heterocycles. The lowest BCUT2D eigenvalue weighted by molar-refractivity contribution is -0.117. The monoisotopic (exact) mass is 227 g/mol. The van der Waals surface area contributed by atoms with Crippen LogP contribution in [0.15, 0.2) is 4.99 Å². The first-order valence-electron chi connectivity index (χ1n) is 5.78. The highest BCUT2D eigenvalue weighted by molar-refractivity contribution is 5.80. The third-order valence-electron chi connectivity index (χ3n) is 2.71. The number of aliphatic imine (C=N–C) groups is 1. The Kier molecular flexibility index (Phi) is 5.63. The summed E-state index contributed by atoms with van der Waals surface area (Å²) in [6.45, 7) is 0.370. The van der Waals surface area contributed by atoms with Gasteiger partial charge < -0.3 is 11.1 Å². The Morgan fingerprint density at radius 1 is 1.31 bits per heavy atom. The van der Waals surface area contributed by atoms with Gasteiger partial charge in [0, 0.05) is 12.5 Å². The number of primary amides is 1. The predicted molar refractivity (Wildman–Crippen MR) is 63.4 cm³/mol. The van der Waals surface area contributed by atoms with Crippen LogP contribution in [0.3, 0.4) is 0 Å². The van der Waals surface area contributed by atoms with Gasteiger partial charge in [0.05, 0.1) is 6.54 Å². The smallest absolute Gasteiger partial charge is 0.219 e. The van der Waals surface area contributed by atoms with Gasteiger partial charge in [-0.2, -0.15) is 0 Å². The largest absolute Gasteiger partial charge is 0.370 e. The van der Waals surface area contributed by atoms with Crippen LogP contribution in [0.25, 0.3) is 0 Å². The second kappa shape index (κ2) is 7.05. The number of nitrogens with zero attached hydrogens (tertiary/aromatic N) is 1. The van der Waals surface area contributed by atoms with Gasteiger partial charge in [0.25, 0.3) is 0 Å². The molecule has 6 heteroatoms. The summed E-state index contributed by atoms with van der Waals surface area (Å²) in [6, 6.07) is 0.442. The molecule has 0 atom stereocenters. The summed E-state index contributed by atoms with van der Waals surface area (Å²) >= 11 is 0. The van der Waals surface area contributed by atoms with Gasteiger partial charge in [0.15, 0.2) is 0 Å². The second-order valence-electron chi connectivity index (χ2n) is 4.07. The molecule has 0 radical (unpaired) electrons. The minimum atomic E-state index is -0.349. The first kappa shape index (κ1) is 12.8. The SMILES string of the molecule is NNC(=NCCC(N)=O)NC1CCCCC1. The molecule has 0 heterocycles. The number of nitrogens with one attached hydrogen (secondary N) is 2. The van der Waals surface area contributed by atoms with E-state index in [1.165, 1.54) is 19.3 Å². The average molecular weight is 227 g/mol. The number of carbonyl (C=O) groups is 1. The highest BCUT2D eigenvalue weighted by Gasteiger charge is 2.13. The van der Waals surface area contributed by atoms with Gasteiger partial charge in [0.2, 0.25) is 11.9 Å². The molecule has 1 amide bonds. The molecule has 0 aromatic carbocycles. The third kappa shape index (κ3) is 4.97. The van der Waals surface area contributed by atoms with Gasteiger partial charge >= 0.3 is 0 Å². The van der Waals surface area contributed by atoms with E-state index in [2.05, 4.69) is 15.7 Å². The average Bonchev–Trinajstić information content (AvgIpc) is 2.28. The zero-order chi connectivity index (χ0) is 11.8. The Hall–Kier alpha value is -1.30. The van der Waals surface area contributed by atoms with E-state index in [1.54, 1.807) is 0 Å². The minimum absolute atomic E-state index is 0.248. The fourth-order valence-electron chi connectivity index (χ4n) is 1.85. The fourth-order valence-corrected chi connectivity index (χ4v) is 1.85. The second-order valence-corrected chi connectivity index (χ2v) is 4.07. The van der Waals surface area contributed by atoms with Crippen molar-refractivity contribution in [2.24, 2.45) is 16.6 Å². The lowest BCUT2D eigenvalue weighted by Crippen LogP contribution is -2.47. The van der Waals surface area contributed by atoms with Crippen molar-refractivity contribution in [2.45, 2.75) is 44.6 Å². The Balaban J connectivity index is 2.31. The van der Waals surface area contributed by atoms with E-state index >= 15 is 0 Å². The number of nitrogens with two attached hydrogens (primary N) is 2. The van der Waals surface area contributed by atoms with Crippen molar-refractivity contribution < 1.29 is 4.79 Å². The van der Waals surface area contributed by atoms with E-state index in [1.807, 2.05) is 0 Å². The highest BCUT2D eigenvalue weighted by atomic mass is 16.1. The van der Waals surface area contributed by atoms with E-state index in [0.717, 1.165) is 12.8 Å². The van der Waals surface area contributed by atoms with Crippen molar-refractivity contribution in [3.63, 3.8) is 0 Å². The van der Waals surface area contributed by atoms with Crippen molar-refractivity contribution in [1.29, 1.82) is 0 Å². The molecule has 16 heavy (non-hydrogen) atoms. The maximum Gasteiger partial charge on any atom is 0.219 e. The van der Waals surface area contributed by atoms with Gasteiger partial charge in [-0.25, -0.2) is 5.84 Å². The lowest BCUT2D eigenvalue weighted by Gasteiger charge is -2.24. The van der Waals surface area contributed by atoms with Crippen molar-refractivity contribution in [1.82, 2.24) is 10.7 Å². The number of amides is 1. The molecule has 1 aliphatic rings. The molecule has 1 saturated carbocycles. The number of rotatable bonds is 4. The van der Waals surface area contributed by atoms with Crippen LogP contribution in [0.1, 0.15) is 38.5 Å². The Bertz CT molecular complexity index is 248. The maximum atomic E-state index is 10.5. The molecule has 0 bridgehead atoms. The number of guanidine groups is 1. The third-order valence-corrected chi connectivity index (χ3v) is 2.71. The van der Waals surface area contributed by atoms with Crippen LogP contribution in [0.2, 0.25) is 0 Å². The predicted octanol–water partition coefficient (Wildman–Crippen LogP) is -0.397. The Labute approximate surface area is 95.8 Å². The molecular weight excluding hydrogens is 206 g/mol. The van der Waals surface area contributed by atoms with Gasteiger partial charge in [0.1, 0.15) is 0 Å². The van der Waals surface area contributed by atoms with Crippen molar-refractivity contribution in [2.75, 3.05) is 6.54 Å². The normalized spacial score (nSPS) is 18.2. The summed E-state index contributed by atoms with van der Waals surface area (Å²) in [5.41, 5.74) is 7.53. The van der Waals surface area contributed by atoms with Crippen molar-refractivity contribution in [3.05, 3.63) is 0 Å². The number of hydrazine groups is 1. The van der Waals surface area contributed by atoms with E-state index < -0.39 is 0 Å². The summed E-state index contributed by atoms with van der Waals surface area (Å²) in [5.74, 6) is 5.55. The highest BCUT2D eigenvalue weighted by Crippen LogP contribution is 2.16. The van der Waals surface area contributed by atoms with Crippen LogP contribution in [0.4, 0.5) is 0 Å². The minimum Gasteiger partial charge on any atom is -0.370 e. The van der Waals surface area contributed by atoms with Crippen LogP contribution in [0.5, 0.6) is 0 Å². The molecule has 6 N–H and O–H groups in total. The summed E-state index contributed by atoms with van der Waals surface area (Å²) in [4.78, 5) is 14.7. The first-order valence-corrected chi connectivity index (χ1v) is 5.78. The molecule has 1 fully saturated rings. The van der Waals surface area contributed by atoms with E-state index in [-0.39, 0.29) is 12.3 Å². The van der Waals surface area contributed by atoms with Crippen LogP contribution >= 0.6 is 0 Å². The quantitative estimate of drug-likeness (QED) is 0.227. The molecule has 0 unspecified atom stereocenters. The molecule has 1 aliphatic carbocycles. The molecule has 0 saturated heterocycles. The maximum absolute atomic E-state index is 10.5. The molecule has 0 aromatic heterocycles. The van der Waals surface area contributed by atoms with Gasteiger partial charge in [-0.3, -0.25) is 15.2 Å². The van der Waals surface area contributed by atoms with Crippen LogP contribution in [-0.4, -0.2) is 24.5 Å². The van der Waals surface area contributed by atoms with E-state index in [0.29, 0.717) is 18.5 Å². The van der Waals surface area contributed by atoms with Crippen molar-refractivity contribution >= 4 is 11.9 Å². The molecule has 0 spiro atoms.